The molecule has 2 heterocycles. The summed E-state index contributed by atoms with van der Waals surface area (Å²) in [6.07, 6.45) is -2.36. The maximum atomic E-state index is 13.0. The lowest BCUT2D eigenvalue weighted by molar-refractivity contribution is -0.148. The van der Waals surface area contributed by atoms with Gasteiger partial charge >= 0.3 is 11.4 Å². The number of isocyanates is 1. The molecule has 1 saturated heterocycles. The summed E-state index contributed by atoms with van der Waals surface area (Å²) in [5.41, 5.74) is 1.86. The van der Waals surface area contributed by atoms with Crippen LogP contribution in [0.2, 0.25) is 0 Å². The molecule has 0 radical (unpaired) electrons. The fourth-order valence-corrected chi connectivity index (χ4v) is 4.77. The van der Waals surface area contributed by atoms with Crippen molar-refractivity contribution in [2.24, 2.45) is 5.10 Å². The van der Waals surface area contributed by atoms with E-state index in [1.165, 1.54) is 15.4 Å². The summed E-state index contributed by atoms with van der Waals surface area (Å²) in [7, 11) is 0. The lowest BCUT2D eigenvalue weighted by atomic mass is 9.86. The number of hydrogen-bond donors (Lipinski definition) is 3. The second-order valence-electron chi connectivity index (χ2n) is 8.44. The van der Waals surface area contributed by atoms with Gasteiger partial charge in [0.25, 0.3) is 6.08 Å². The van der Waals surface area contributed by atoms with Crippen LogP contribution in [0.4, 0.5) is 23.8 Å². The van der Waals surface area contributed by atoms with Gasteiger partial charge in [-0.1, -0.05) is 35.1 Å². The molecule has 1 aliphatic heterocycles. The molecule has 1 amide bonds. The Bertz CT molecular complexity index is 1330. The number of nitrogens with one attached hydrogen (secondary N) is 2. The van der Waals surface area contributed by atoms with Gasteiger partial charge in [-0.15, -0.1) is 0 Å². The highest BCUT2D eigenvalue weighted by atomic mass is 32.2. The molecule has 1 aliphatic rings. The van der Waals surface area contributed by atoms with Crippen molar-refractivity contribution in [1.82, 2.24) is 15.4 Å². The summed E-state index contributed by atoms with van der Waals surface area (Å²) in [5.74, 6) is 6.72. The van der Waals surface area contributed by atoms with Crippen molar-refractivity contribution in [2.45, 2.75) is 29.5 Å². The van der Waals surface area contributed by atoms with Crippen molar-refractivity contribution in [1.29, 1.82) is 0 Å². The molecule has 0 saturated carbocycles. The number of fused-ring (bicyclic) bond motifs is 1. The average molecular weight is 530 g/mol. The predicted molar refractivity (Wildman–Crippen MR) is 133 cm³/mol. The van der Waals surface area contributed by atoms with Gasteiger partial charge in [0.2, 0.25) is 0 Å². The molecule has 4 rings (SSSR count). The predicted octanol–water partition coefficient (Wildman–Crippen LogP) is 4.86. The van der Waals surface area contributed by atoms with Crippen LogP contribution in [0.5, 0.6) is 0 Å². The summed E-state index contributed by atoms with van der Waals surface area (Å²) in [5, 5.41) is 14.3. The number of alkyl halides is 3. The van der Waals surface area contributed by atoms with Crippen molar-refractivity contribution >= 4 is 39.8 Å². The molecular formula is C25H22F3N5O3S. The summed E-state index contributed by atoms with van der Waals surface area (Å²) in [6, 6.07) is 16.0. The monoisotopic (exact) mass is 529 g/mol. The second kappa shape index (κ2) is 11.1. The van der Waals surface area contributed by atoms with Crippen LogP contribution >= 0.6 is 11.8 Å². The number of carbonyl (C=O) groups is 1. The first-order chi connectivity index (χ1) is 17.7. The Morgan fingerprint density at radius 2 is 1.89 bits per heavy atom. The van der Waals surface area contributed by atoms with Crippen LogP contribution in [0.3, 0.4) is 0 Å². The Kier molecular flexibility index (Phi) is 7.90. The molecule has 1 aromatic heterocycles. The number of anilines is 1. The first-order valence-electron chi connectivity index (χ1n) is 11.2. The minimum Gasteiger partial charge on any atom is -0.340 e. The molecule has 12 heteroatoms. The topological polar surface area (TPSA) is 101 Å². The van der Waals surface area contributed by atoms with E-state index in [1.807, 2.05) is 24.3 Å². The lowest BCUT2D eigenvalue weighted by Gasteiger charge is -2.43. The Labute approximate surface area is 214 Å². The smallest absolute Gasteiger partial charge is 0.340 e. The Balaban J connectivity index is 1.69. The van der Waals surface area contributed by atoms with Gasteiger partial charge in [0, 0.05) is 34.5 Å². The molecule has 0 aliphatic carbocycles. The van der Waals surface area contributed by atoms with Crippen LogP contribution < -0.4 is 10.5 Å². The van der Waals surface area contributed by atoms with Crippen LogP contribution in [0.25, 0.3) is 10.9 Å². The van der Waals surface area contributed by atoms with Gasteiger partial charge in [-0.25, -0.2) is 15.3 Å². The number of nitrogens with zero attached hydrogens (tertiary/aromatic N) is 3. The van der Waals surface area contributed by atoms with E-state index in [-0.39, 0.29) is 25.9 Å². The van der Waals surface area contributed by atoms with Gasteiger partial charge in [0.15, 0.2) is 0 Å². The quantitative estimate of drug-likeness (QED) is 0.109. The zero-order chi connectivity index (χ0) is 26.5. The lowest BCUT2D eigenvalue weighted by Crippen LogP contribution is -2.54. The van der Waals surface area contributed by atoms with Crippen molar-refractivity contribution < 1.29 is 28.0 Å². The van der Waals surface area contributed by atoms with Crippen LogP contribution in [0, 0.1) is 11.8 Å². The minimum absolute atomic E-state index is 0.102. The molecule has 1 fully saturated rings. The summed E-state index contributed by atoms with van der Waals surface area (Å²) in [4.78, 5) is 27.9. The van der Waals surface area contributed by atoms with Gasteiger partial charge < -0.3 is 4.98 Å². The zero-order valence-electron chi connectivity index (χ0n) is 19.4. The molecule has 3 aromatic rings. The number of halogens is 3. The van der Waals surface area contributed by atoms with E-state index >= 15 is 0 Å². The summed E-state index contributed by atoms with van der Waals surface area (Å²) < 4.78 is 39.0. The number of hydrogen-bond acceptors (Lipinski definition) is 7. The van der Waals surface area contributed by atoms with Gasteiger partial charge in [-0.2, -0.15) is 13.2 Å². The van der Waals surface area contributed by atoms with Crippen molar-refractivity contribution in [3.63, 3.8) is 0 Å². The number of piperidine rings is 1. The van der Waals surface area contributed by atoms with Crippen LogP contribution in [-0.4, -0.2) is 57.8 Å². The highest BCUT2D eigenvalue weighted by Crippen LogP contribution is 2.35. The number of hydrazone groups is 1. The van der Waals surface area contributed by atoms with Gasteiger partial charge in [-0.3, -0.25) is 14.9 Å². The number of benzene rings is 2. The first-order valence-corrected chi connectivity index (χ1v) is 12.0. The molecule has 0 atom stereocenters. The zero-order valence-corrected chi connectivity index (χ0v) is 20.2. The number of amides is 1. The highest BCUT2D eigenvalue weighted by Gasteiger charge is 2.42. The van der Waals surface area contributed by atoms with E-state index in [0.717, 1.165) is 22.7 Å². The third kappa shape index (κ3) is 6.53. The van der Waals surface area contributed by atoms with Crippen molar-refractivity contribution in [2.75, 3.05) is 24.6 Å². The second-order valence-corrected chi connectivity index (χ2v) is 9.49. The fourth-order valence-electron chi connectivity index (χ4n) is 4.24. The Morgan fingerprint density at radius 3 is 2.51 bits per heavy atom. The van der Waals surface area contributed by atoms with Gasteiger partial charge in [-0.05, 0) is 61.0 Å². The normalized spacial score (nSPS) is 15.4. The van der Waals surface area contributed by atoms with E-state index in [1.54, 1.807) is 36.4 Å². The van der Waals surface area contributed by atoms with Gasteiger partial charge in [0.1, 0.15) is 11.4 Å². The number of likely N-dealkylation sites (tertiary alicyclic amines) is 1. The Morgan fingerprint density at radius 1 is 1.19 bits per heavy atom. The number of H-pyrrole nitrogens is 1. The molecule has 3 N–H and O–H groups in total. The Hall–Kier alpha value is -3.75. The highest BCUT2D eigenvalue weighted by molar-refractivity contribution is 8.13. The van der Waals surface area contributed by atoms with E-state index < -0.39 is 23.5 Å². The number of hydroxylamine groups is 1. The fraction of sp³-hybridized carbons (Fsp3) is 0.280. The summed E-state index contributed by atoms with van der Waals surface area (Å²) >= 11 is 0.797. The molecule has 0 unspecified atom stereocenters. The van der Waals surface area contributed by atoms with Crippen LogP contribution in [0.1, 0.15) is 18.4 Å². The van der Waals surface area contributed by atoms with E-state index in [0.29, 0.717) is 16.3 Å². The summed E-state index contributed by atoms with van der Waals surface area (Å²) in [6.45, 7) is -0.823. The molecule has 192 valence electrons. The average Bonchev–Trinajstić information content (AvgIpc) is 3.31. The van der Waals surface area contributed by atoms with Crippen LogP contribution in [-0.2, 0) is 4.79 Å². The molecule has 37 heavy (non-hydrogen) atoms. The van der Waals surface area contributed by atoms with Gasteiger partial charge in [0.05, 0.1) is 6.54 Å². The van der Waals surface area contributed by atoms with Crippen molar-refractivity contribution in [3.05, 3.63) is 60.2 Å². The number of thioether (sulfide) groups is 1. The molecule has 0 bridgehead atoms. The van der Waals surface area contributed by atoms with Crippen molar-refractivity contribution in [3.8, 4) is 11.8 Å². The SMILES string of the molecule is O=C=NN(c1cc2ccccc2[nH]1)C1(C#Cc2ccc(SC(=O)NO)cc2)CCN(CC(F)(F)F)CC1. The first kappa shape index (κ1) is 26.3. The molecule has 2 aromatic carbocycles. The third-order valence-corrected chi connectivity index (χ3v) is 6.76. The number of carbonyl (C=O) groups excluding carboxylic acids is 2. The maximum absolute atomic E-state index is 13.0. The molecular weight excluding hydrogens is 507 g/mol. The number of aromatic nitrogens is 1. The van der Waals surface area contributed by atoms with E-state index in [2.05, 4.69) is 21.9 Å². The third-order valence-electron chi connectivity index (χ3n) is 5.97. The number of para-hydroxylation sites is 1. The van der Waals surface area contributed by atoms with E-state index in [9.17, 15) is 22.8 Å². The minimum atomic E-state index is -4.32. The largest absolute Gasteiger partial charge is 0.401 e. The standard InChI is InChI=1S/C25H22F3N5O3S/c26-25(27,28)16-32-13-11-24(12-14-32,10-9-18-5-7-20(8-6-18)37-23(35)31-36)33(29-17-34)22-15-19-3-1-2-4-21(19)30-22/h1-8,15,30,36H,11-14,16H2,(H,31,35). The number of rotatable bonds is 5. The van der Waals surface area contributed by atoms with Crippen LogP contribution in [0.15, 0.2) is 64.6 Å². The molecule has 0 spiro atoms. The maximum Gasteiger partial charge on any atom is 0.401 e. The number of aromatic amines is 1. The van der Waals surface area contributed by atoms with E-state index in [4.69, 9.17) is 5.21 Å². The molecule has 8 nitrogen and oxygen atoms in total.